The van der Waals surface area contributed by atoms with E-state index >= 15 is 0 Å². The number of ether oxygens (including phenoxy) is 1. The summed E-state index contributed by atoms with van der Waals surface area (Å²) in [6.07, 6.45) is -0.0190. The number of aliphatic hydroxyl groups is 1. The monoisotopic (exact) mass is 287 g/mol. The predicted octanol–water partition coefficient (Wildman–Crippen LogP) is 1.82. The Balaban J connectivity index is 2.32. The van der Waals surface area contributed by atoms with Crippen LogP contribution in [0, 0.1) is 13.8 Å². The van der Waals surface area contributed by atoms with Crippen LogP contribution in [0.15, 0.2) is 18.2 Å². The number of hydrogen-bond acceptors (Lipinski definition) is 3. The normalized spacial score (nSPS) is 11.2. The Bertz CT molecular complexity index is 464. The lowest BCUT2D eigenvalue weighted by atomic mass is 10.1. The number of aliphatic hydroxyl groups excluding tert-OH is 1. The van der Waals surface area contributed by atoms with Gasteiger partial charge in [-0.05, 0) is 25.5 Å². The molecule has 0 radical (unpaired) electrons. The third kappa shape index (κ3) is 5.52. The number of carbonyl (C=O) groups excluding carboxylic acids is 1. The molecule has 0 aliphatic rings. The second-order valence-electron chi connectivity index (χ2n) is 4.66. The van der Waals surface area contributed by atoms with Crippen LogP contribution in [0.2, 0.25) is 0 Å². The third-order valence-corrected chi connectivity index (χ3v) is 2.69. The highest BCUT2D eigenvalue weighted by Gasteiger charge is 2.27. The molecule has 20 heavy (non-hydrogen) atoms. The van der Waals surface area contributed by atoms with Crippen molar-refractivity contribution in [1.29, 1.82) is 0 Å². The van der Waals surface area contributed by atoms with E-state index in [1.165, 1.54) is 0 Å². The molecular weight excluding hydrogens is 268 g/mol. The molecule has 0 spiro atoms. The molecule has 0 aliphatic carbocycles. The van der Waals surface area contributed by atoms with Crippen LogP contribution in [0.5, 0.6) is 5.75 Å². The van der Waals surface area contributed by atoms with Crippen LogP contribution in [-0.2, 0) is 4.79 Å². The topological polar surface area (TPSA) is 58.6 Å². The number of carbonyl (C=O) groups is 1. The average molecular weight is 287 g/mol. The molecule has 1 aromatic rings. The Kier molecular flexibility index (Phi) is 5.88. The van der Waals surface area contributed by atoms with Gasteiger partial charge in [0.25, 0.3) is 5.92 Å². The van der Waals surface area contributed by atoms with Crippen molar-refractivity contribution < 1.29 is 23.4 Å². The second kappa shape index (κ2) is 7.19. The number of aryl methyl sites for hydroxylation is 2. The fourth-order valence-corrected chi connectivity index (χ4v) is 1.59. The lowest BCUT2D eigenvalue weighted by Gasteiger charge is -2.14. The molecule has 0 atom stereocenters. The zero-order valence-corrected chi connectivity index (χ0v) is 11.6. The highest BCUT2D eigenvalue weighted by molar-refractivity contribution is 5.76. The van der Waals surface area contributed by atoms with Gasteiger partial charge in [0.05, 0.1) is 19.6 Å². The molecule has 1 amide bonds. The second-order valence-corrected chi connectivity index (χ2v) is 4.66. The van der Waals surface area contributed by atoms with Crippen LogP contribution in [0.4, 0.5) is 8.78 Å². The maximum absolute atomic E-state index is 12.7. The zero-order chi connectivity index (χ0) is 15.2. The quantitative estimate of drug-likeness (QED) is 0.804. The van der Waals surface area contributed by atoms with Gasteiger partial charge in [0.2, 0.25) is 5.91 Å². The molecule has 2 N–H and O–H groups in total. The minimum absolute atomic E-state index is 0.0190. The van der Waals surface area contributed by atoms with Crippen LogP contribution in [0.3, 0.4) is 0 Å². The van der Waals surface area contributed by atoms with Crippen molar-refractivity contribution in [2.75, 3.05) is 19.8 Å². The fraction of sp³-hybridized carbons (Fsp3) is 0.500. The Morgan fingerprint density at radius 2 is 2.10 bits per heavy atom. The predicted molar refractivity (Wildman–Crippen MR) is 71.1 cm³/mol. The summed E-state index contributed by atoms with van der Waals surface area (Å²) in [4.78, 5) is 11.3. The van der Waals surface area contributed by atoms with Crippen LogP contribution in [0.25, 0.3) is 0 Å². The van der Waals surface area contributed by atoms with E-state index in [4.69, 9.17) is 9.84 Å². The highest BCUT2D eigenvalue weighted by Crippen LogP contribution is 2.18. The number of hydrogen-bond donors (Lipinski definition) is 2. The molecule has 6 heteroatoms. The molecule has 4 nitrogen and oxygen atoms in total. The molecule has 0 unspecified atom stereocenters. The first-order chi connectivity index (χ1) is 9.34. The summed E-state index contributed by atoms with van der Waals surface area (Å²) < 4.78 is 30.8. The molecule has 1 aromatic carbocycles. The molecule has 0 heterocycles. The number of halogens is 2. The lowest BCUT2D eigenvalue weighted by molar-refractivity contribution is -0.124. The Labute approximate surface area is 116 Å². The summed E-state index contributed by atoms with van der Waals surface area (Å²) in [5.74, 6) is -3.16. The average Bonchev–Trinajstić information content (AvgIpc) is 2.39. The largest absolute Gasteiger partial charge is 0.493 e. The first kappa shape index (κ1) is 16.4. The van der Waals surface area contributed by atoms with E-state index in [0.29, 0.717) is 5.75 Å². The number of rotatable bonds is 7. The molecule has 0 bridgehead atoms. The molecule has 1 rings (SSSR count). The van der Waals surface area contributed by atoms with Gasteiger partial charge in [-0.3, -0.25) is 4.79 Å². The fourth-order valence-electron chi connectivity index (χ4n) is 1.59. The first-order valence-corrected chi connectivity index (χ1v) is 6.29. The van der Waals surface area contributed by atoms with Crippen LogP contribution >= 0.6 is 0 Å². The van der Waals surface area contributed by atoms with Crippen molar-refractivity contribution in [3.05, 3.63) is 29.3 Å². The molecule has 0 saturated carbocycles. The van der Waals surface area contributed by atoms with E-state index in [1.807, 2.05) is 32.0 Å². The van der Waals surface area contributed by atoms with Gasteiger partial charge in [-0.1, -0.05) is 17.7 Å². The van der Waals surface area contributed by atoms with E-state index in [1.54, 1.807) is 0 Å². The Morgan fingerprint density at radius 1 is 1.40 bits per heavy atom. The van der Waals surface area contributed by atoms with Crippen molar-refractivity contribution >= 4 is 5.91 Å². The summed E-state index contributed by atoms with van der Waals surface area (Å²) in [6.45, 7) is 1.81. The Hall–Kier alpha value is -1.69. The van der Waals surface area contributed by atoms with Crippen LogP contribution in [-0.4, -0.2) is 36.7 Å². The smallest absolute Gasteiger partial charge is 0.287 e. The van der Waals surface area contributed by atoms with Gasteiger partial charge in [0, 0.05) is 0 Å². The summed E-state index contributed by atoms with van der Waals surface area (Å²) in [5.41, 5.74) is 2.07. The number of alkyl halides is 2. The molecular formula is C14H19F2NO3. The van der Waals surface area contributed by atoms with Gasteiger partial charge in [0.15, 0.2) is 0 Å². The zero-order valence-electron chi connectivity index (χ0n) is 11.6. The van der Waals surface area contributed by atoms with Crippen molar-refractivity contribution in [3.63, 3.8) is 0 Å². The van der Waals surface area contributed by atoms with Gasteiger partial charge < -0.3 is 15.2 Å². The summed E-state index contributed by atoms with van der Waals surface area (Å²) in [6, 6.07) is 5.66. The molecule has 0 aromatic heterocycles. The van der Waals surface area contributed by atoms with Crippen LogP contribution in [0.1, 0.15) is 17.5 Å². The SMILES string of the molecule is Cc1ccc(OCCC(=O)NCC(F)(F)CO)c(C)c1. The van der Waals surface area contributed by atoms with E-state index in [-0.39, 0.29) is 13.0 Å². The van der Waals surface area contributed by atoms with Gasteiger partial charge >= 0.3 is 0 Å². The maximum Gasteiger partial charge on any atom is 0.287 e. The van der Waals surface area contributed by atoms with Crippen molar-refractivity contribution in [2.24, 2.45) is 0 Å². The van der Waals surface area contributed by atoms with Gasteiger partial charge in [-0.25, -0.2) is 8.78 Å². The third-order valence-electron chi connectivity index (χ3n) is 2.69. The summed E-state index contributed by atoms with van der Waals surface area (Å²) in [5, 5.41) is 10.4. The van der Waals surface area contributed by atoms with Crippen molar-refractivity contribution in [1.82, 2.24) is 5.32 Å². The highest BCUT2D eigenvalue weighted by atomic mass is 19.3. The standard InChI is InChI=1S/C14H19F2NO3/c1-10-3-4-12(11(2)7-10)20-6-5-13(19)17-8-14(15,16)9-18/h3-4,7,18H,5-6,8-9H2,1-2H3,(H,17,19). The van der Waals surface area contributed by atoms with Crippen molar-refractivity contribution in [2.45, 2.75) is 26.2 Å². The van der Waals surface area contributed by atoms with E-state index in [2.05, 4.69) is 5.32 Å². The van der Waals surface area contributed by atoms with Crippen molar-refractivity contribution in [3.8, 4) is 5.75 Å². The minimum atomic E-state index is -3.29. The van der Waals surface area contributed by atoms with Gasteiger partial charge in [-0.15, -0.1) is 0 Å². The van der Waals surface area contributed by atoms with E-state index in [0.717, 1.165) is 11.1 Å². The first-order valence-electron chi connectivity index (χ1n) is 6.29. The molecule has 112 valence electrons. The molecule has 0 fully saturated rings. The van der Waals surface area contributed by atoms with E-state index in [9.17, 15) is 13.6 Å². The summed E-state index contributed by atoms with van der Waals surface area (Å²) in [7, 11) is 0. The number of nitrogens with one attached hydrogen (secondary N) is 1. The molecule has 0 saturated heterocycles. The number of benzene rings is 1. The van der Waals surface area contributed by atoms with Crippen LogP contribution < -0.4 is 10.1 Å². The molecule has 0 aliphatic heterocycles. The van der Waals surface area contributed by atoms with E-state index < -0.39 is 25.0 Å². The lowest BCUT2D eigenvalue weighted by Crippen LogP contribution is -2.39. The number of amides is 1. The van der Waals surface area contributed by atoms with Gasteiger partial charge in [-0.2, -0.15) is 0 Å². The summed E-state index contributed by atoms with van der Waals surface area (Å²) >= 11 is 0. The minimum Gasteiger partial charge on any atom is -0.493 e. The Morgan fingerprint density at radius 3 is 2.70 bits per heavy atom. The maximum atomic E-state index is 12.7. The van der Waals surface area contributed by atoms with Gasteiger partial charge in [0.1, 0.15) is 12.4 Å².